The van der Waals surface area contributed by atoms with Gasteiger partial charge in [0.2, 0.25) is 5.60 Å². The first-order valence-electron chi connectivity index (χ1n) is 4.84. The van der Waals surface area contributed by atoms with Gasteiger partial charge in [-0.05, 0) is 13.8 Å². The van der Waals surface area contributed by atoms with Crippen molar-refractivity contribution in [3.63, 3.8) is 0 Å². The molecule has 21 heavy (non-hydrogen) atoms. The molecule has 0 bridgehead atoms. The van der Waals surface area contributed by atoms with Crippen molar-refractivity contribution in [1.29, 1.82) is 0 Å². The zero-order valence-corrected chi connectivity index (χ0v) is 11.5. The third-order valence-corrected chi connectivity index (χ3v) is 3.11. The molecule has 0 saturated heterocycles. The van der Waals surface area contributed by atoms with E-state index < -0.39 is 46.7 Å². The first kappa shape index (κ1) is 19.9. The summed E-state index contributed by atoms with van der Waals surface area (Å²) >= 11 is 0. The van der Waals surface area contributed by atoms with Crippen LogP contribution in [-0.2, 0) is 24.1 Å². The summed E-state index contributed by atoms with van der Waals surface area (Å²) in [6.07, 6.45) is -6.19. The van der Waals surface area contributed by atoms with Gasteiger partial charge in [-0.3, -0.25) is 4.55 Å². The average Bonchev–Trinajstić information content (AvgIpc) is 2.23. The lowest BCUT2D eigenvalue weighted by molar-refractivity contribution is -0.326. The van der Waals surface area contributed by atoms with Crippen molar-refractivity contribution < 1.29 is 53.0 Å². The largest absolute Gasteiger partial charge is 0.467 e. The van der Waals surface area contributed by atoms with Gasteiger partial charge in [0.1, 0.15) is 0 Å². The Hall–Kier alpha value is -1.08. The Morgan fingerprint density at radius 1 is 1.05 bits per heavy atom. The molecule has 0 aromatic heterocycles. The molecule has 6 nitrogen and oxygen atoms in total. The minimum absolute atomic E-state index is 0.170. The Bertz CT molecular complexity index is 512. The number of carbonyl (C=O) groups excluding carboxylic acids is 1. The van der Waals surface area contributed by atoms with Crippen LogP contribution in [0.3, 0.4) is 0 Å². The minimum atomic E-state index is -6.19. The van der Waals surface area contributed by atoms with Crippen molar-refractivity contribution in [2.75, 3.05) is 7.11 Å². The predicted molar refractivity (Wildman–Crippen MR) is 53.6 cm³/mol. The standard InChI is InChI=1S/C8H10F6O6S/c1-5(4(15)19-3,20-21(16,17)18)7(10,11)6(2,9)8(12,13)14/h1-3H3,(H,16,17,18). The summed E-state index contributed by atoms with van der Waals surface area (Å²) in [5.41, 5.74) is -9.66. The molecule has 0 aromatic carbocycles. The third-order valence-electron chi connectivity index (χ3n) is 2.57. The molecule has 0 aromatic rings. The molecule has 13 heteroatoms. The molecule has 126 valence electrons. The molecule has 0 heterocycles. The van der Waals surface area contributed by atoms with Crippen molar-refractivity contribution in [1.82, 2.24) is 0 Å². The molecule has 0 saturated carbocycles. The van der Waals surface area contributed by atoms with E-state index in [1.807, 2.05) is 0 Å². The number of alkyl halides is 6. The first-order valence-corrected chi connectivity index (χ1v) is 6.20. The van der Waals surface area contributed by atoms with Crippen molar-refractivity contribution in [3.05, 3.63) is 0 Å². The fraction of sp³-hybridized carbons (Fsp3) is 0.875. The quantitative estimate of drug-likeness (QED) is 0.462. The van der Waals surface area contributed by atoms with Crippen LogP contribution in [-0.4, -0.2) is 49.4 Å². The zero-order chi connectivity index (χ0) is 17.5. The number of carbonyl (C=O) groups is 1. The summed E-state index contributed by atoms with van der Waals surface area (Å²) in [6.45, 7) is -0.794. The van der Waals surface area contributed by atoms with Gasteiger partial charge in [-0.1, -0.05) is 0 Å². The topological polar surface area (TPSA) is 89.9 Å². The monoisotopic (exact) mass is 348 g/mol. The molecule has 0 aliphatic carbocycles. The SMILES string of the molecule is COC(=O)C(C)(OS(=O)(=O)O)C(F)(F)C(C)(F)C(F)(F)F. The van der Waals surface area contributed by atoms with Crippen LogP contribution in [0.25, 0.3) is 0 Å². The smallest absolute Gasteiger partial charge is 0.428 e. The highest BCUT2D eigenvalue weighted by molar-refractivity contribution is 7.81. The molecule has 2 unspecified atom stereocenters. The fourth-order valence-corrected chi connectivity index (χ4v) is 1.84. The van der Waals surface area contributed by atoms with Crippen LogP contribution in [0.1, 0.15) is 13.8 Å². The van der Waals surface area contributed by atoms with Crippen LogP contribution in [0.15, 0.2) is 0 Å². The number of hydrogen-bond donors (Lipinski definition) is 1. The van der Waals surface area contributed by atoms with Gasteiger partial charge < -0.3 is 4.74 Å². The molecule has 0 aliphatic heterocycles. The van der Waals surface area contributed by atoms with Gasteiger partial charge in [-0.2, -0.15) is 30.4 Å². The normalized spacial score (nSPS) is 19.5. The maximum atomic E-state index is 13.8. The van der Waals surface area contributed by atoms with Crippen molar-refractivity contribution in [2.45, 2.75) is 37.2 Å². The summed E-state index contributed by atoms with van der Waals surface area (Å²) in [6, 6.07) is 0. The van der Waals surface area contributed by atoms with Gasteiger partial charge in [-0.25, -0.2) is 13.4 Å². The number of hydrogen-bond acceptors (Lipinski definition) is 5. The lowest BCUT2D eigenvalue weighted by Gasteiger charge is -2.40. The van der Waals surface area contributed by atoms with Gasteiger partial charge >= 0.3 is 28.5 Å². The van der Waals surface area contributed by atoms with E-state index >= 15 is 0 Å². The van der Waals surface area contributed by atoms with Crippen molar-refractivity contribution in [3.8, 4) is 0 Å². The number of methoxy groups -OCH3 is 1. The Kier molecular flexibility index (Phi) is 5.01. The van der Waals surface area contributed by atoms with Gasteiger partial charge in [0, 0.05) is 0 Å². The highest BCUT2D eigenvalue weighted by Gasteiger charge is 2.78. The van der Waals surface area contributed by atoms with Crippen LogP contribution < -0.4 is 0 Å². The second-order valence-electron chi connectivity index (χ2n) is 4.11. The molecule has 0 aliphatic rings. The van der Waals surface area contributed by atoms with Crippen LogP contribution in [0, 0.1) is 0 Å². The van der Waals surface area contributed by atoms with Crippen molar-refractivity contribution in [2.24, 2.45) is 0 Å². The van der Waals surface area contributed by atoms with Crippen LogP contribution in [0.5, 0.6) is 0 Å². The third kappa shape index (κ3) is 3.40. The Morgan fingerprint density at radius 2 is 1.43 bits per heavy atom. The lowest BCUT2D eigenvalue weighted by Crippen LogP contribution is -2.68. The van der Waals surface area contributed by atoms with Crippen LogP contribution in [0.2, 0.25) is 0 Å². The maximum absolute atomic E-state index is 13.8. The van der Waals surface area contributed by atoms with E-state index in [0.29, 0.717) is 7.11 Å². The minimum Gasteiger partial charge on any atom is -0.467 e. The Morgan fingerprint density at radius 3 is 1.67 bits per heavy atom. The van der Waals surface area contributed by atoms with E-state index in [-0.39, 0.29) is 6.92 Å². The Labute approximate surface area is 115 Å². The number of halogens is 6. The lowest BCUT2D eigenvalue weighted by atomic mass is 9.85. The molecule has 0 amide bonds. The molecule has 0 rings (SSSR count). The summed E-state index contributed by atoms with van der Waals surface area (Å²) in [5.74, 6) is -8.11. The summed E-state index contributed by atoms with van der Waals surface area (Å²) in [5, 5.41) is 0. The number of esters is 1. The second-order valence-corrected chi connectivity index (χ2v) is 5.13. The first-order chi connectivity index (χ1) is 8.94. The highest BCUT2D eigenvalue weighted by Crippen LogP contribution is 2.51. The highest BCUT2D eigenvalue weighted by atomic mass is 32.3. The second kappa shape index (κ2) is 5.28. The number of ether oxygens (including phenoxy) is 1. The fourth-order valence-electron chi connectivity index (χ4n) is 1.25. The Balaban J connectivity index is 6.25. The zero-order valence-electron chi connectivity index (χ0n) is 10.7. The van der Waals surface area contributed by atoms with E-state index in [1.54, 1.807) is 0 Å². The van der Waals surface area contributed by atoms with Gasteiger partial charge in [0.15, 0.2) is 0 Å². The molecular formula is C8H10F6O6S. The average molecular weight is 348 g/mol. The van der Waals surface area contributed by atoms with E-state index in [2.05, 4.69) is 8.92 Å². The van der Waals surface area contributed by atoms with Gasteiger partial charge in [0.05, 0.1) is 7.11 Å². The van der Waals surface area contributed by atoms with Gasteiger partial charge in [0.25, 0.3) is 5.67 Å². The molecule has 0 spiro atoms. The summed E-state index contributed by atoms with van der Waals surface area (Å²) in [7, 11) is -5.43. The van der Waals surface area contributed by atoms with E-state index in [1.165, 1.54) is 0 Å². The van der Waals surface area contributed by atoms with Crippen LogP contribution in [0.4, 0.5) is 26.3 Å². The molecular weight excluding hydrogens is 338 g/mol. The predicted octanol–water partition coefficient (Wildman–Crippen LogP) is 1.66. The molecule has 1 N–H and O–H groups in total. The summed E-state index contributed by atoms with van der Waals surface area (Å²) < 4.78 is 115. The summed E-state index contributed by atoms with van der Waals surface area (Å²) in [4.78, 5) is 11.2. The molecule has 0 fully saturated rings. The van der Waals surface area contributed by atoms with Gasteiger partial charge in [-0.15, -0.1) is 0 Å². The van der Waals surface area contributed by atoms with E-state index in [4.69, 9.17) is 4.55 Å². The van der Waals surface area contributed by atoms with Crippen molar-refractivity contribution >= 4 is 16.4 Å². The van der Waals surface area contributed by atoms with Crippen LogP contribution >= 0.6 is 0 Å². The molecule has 2 atom stereocenters. The van der Waals surface area contributed by atoms with E-state index in [0.717, 1.165) is 0 Å². The molecule has 0 radical (unpaired) electrons. The maximum Gasteiger partial charge on any atom is 0.428 e. The van der Waals surface area contributed by atoms with E-state index in [9.17, 15) is 39.6 Å². The number of rotatable bonds is 5.